The molecule has 0 aliphatic carbocycles. The highest BCUT2D eigenvalue weighted by Gasteiger charge is 2.23. The van der Waals surface area contributed by atoms with Crippen molar-refractivity contribution in [1.29, 1.82) is 0 Å². The average molecular weight is 410 g/mol. The molecule has 0 aliphatic heterocycles. The summed E-state index contributed by atoms with van der Waals surface area (Å²) in [6, 6.07) is 29.7. The molecular formula is C26H22N2O3. The molecular weight excluding hydrogens is 388 g/mol. The maximum absolute atomic E-state index is 13.0. The van der Waals surface area contributed by atoms with Crippen LogP contribution in [0.15, 0.2) is 108 Å². The second kappa shape index (κ2) is 9.59. The summed E-state index contributed by atoms with van der Waals surface area (Å²) in [7, 11) is 0. The lowest BCUT2D eigenvalue weighted by molar-refractivity contribution is -0.118. The van der Waals surface area contributed by atoms with E-state index in [1.807, 2.05) is 84.9 Å². The van der Waals surface area contributed by atoms with Crippen LogP contribution in [0.1, 0.15) is 16.1 Å². The maximum Gasteiger partial charge on any atom is 0.287 e. The SMILES string of the molecule is O=C(N[C@@H](Cc1ccccc1)C(=O)Nc1ccc(-c2ccccc2)cc1)c1ccco1. The third-order valence-electron chi connectivity index (χ3n) is 4.91. The van der Waals surface area contributed by atoms with Crippen molar-refractivity contribution in [3.05, 3.63) is 115 Å². The van der Waals surface area contributed by atoms with Crippen LogP contribution in [0, 0.1) is 0 Å². The van der Waals surface area contributed by atoms with E-state index in [1.165, 1.54) is 6.26 Å². The second-order valence-electron chi connectivity index (χ2n) is 7.13. The van der Waals surface area contributed by atoms with Crippen LogP contribution in [0.3, 0.4) is 0 Å². The van der Waals surface area contributed by atoms with Gasteiger partial charge in [0.25, 0.3) is 5.91 Å². The van der Waals surface area contributed by atoms with Crippen LogP contribution in [-0.2, 0) is 11.2 Å². The number of nitrogens with one attached hydrogen (secondary N) is 2. The average Bonchev–Trinajstić information content (AvgIpc) is 3.36. The number of furan rings is 1. The van der Waals surface area contributed by atoms with E-state index < -0.39 is 11.9 Å². The molecule has 2 N–H and O–H groups in total. The molecule has 31 heavy (non-hydrogen) atoms. The fourth-order valence-electron chi connectivity index (χ4n) is 3.30. The van der Waals surface area contributed by atoms with E-state index in [0.29, 0.717) is 12.1 Å². The van der Waals surface area contributed by atoms with Gasteiger partial charge in [0.2, 0.25) is 5.91 Å². The lowest BCUT2D eigenvalue weighted by atomic mass is 10.0. The van der Waals surface area contributed by atoms with E-state index in [-0.39, 0.29) is 11.7 Å². The van der Waals surface area contributed by atoms with Crippen molar-refractivity contribution < 1.29 is 14.0 Å². The van der Waals surface area contributed by atoms with E-state index in [9.17, 15) is 9.59 Å². The summed E-state index contributed by atoms with van der Waals surface area (Å²) >= 11 is 0. The normalized spacial score (nSPS) is 11.5. The monoisotopic (exact) mass is 410 g/mol. The number of hydrogen-bond acceptors (Lipinski definition) is 3. The highest BCUT2D eigenvalue weighted by molar-refractivity contribution is 6.00. The minimum absolute atomic E-state index is 0.165. The molecule has 2 amide bonds. The van der Waals surface area contributed by atoms with Gasteiger partial charge in [-0.25, -0.2) is 0 Å². The first-order valence-electron chi connectivity index (χ1n) is 10.0. The van der Waals surface area contributed by atoms with Crippen LogP contribution < -0.4 is 10.6 Å². The zero-order chi connectivity index (χ0) is 21.5. The topological polar surface area (TPSA) is 71.3 Å². The predicted molar refractivity (Wildman–Crippen MR) is 121 cm³/mol. The van der Waals surface area contributed by atoms with E-state index in [0.717, 1.165) is 16.7 Å². The Bertz CT molecular complexity index is 1120. The molecule has 0 spiro atoms. The molecule has 0 saturated heterocycles. The molecule has 0 bridgehead atoms. The van der Waals surface area contributed by atoms with Crippen molar-refractivity contribution >= 4 is 17.5 Å². The Balaban J connectivity index is 1.48. The first-order chi connectivity index (χ1) is 15.2. The fourth-order valence-corrected chi connectivity index (χ4v) is 3.30. The molecule has 0 saturated carbocycles. The standard InChI is InChI=1S/C26H22N2O3/c29-25(27-22-15-13-21(14-16-22)20-10-5-2-6-11-20)23(18-19-8-3-1-4-9-19)28-26(30)24-12-7-17-31-24/h1-17,23H,18H2,(H,27,29)(H,28,30)/t23-/m0/s1. The molecule has 0 unspecified atom stereocenters. The van der Waals surface area contributed by atoms with Crippen molar-refractivity contribution in [1.82, 2.24) is 5.32 Å². The molecule has 5 heteroatoms. The minimum Gasteiger partial charge on any atom is -0.459 e. The highest BCUT2D eigenvalue weighted by atomic mass is 16.3. The van der Waals surface area contributed by atoms with Gasteiger partial charge in [-0.3, -0.25) is 9.59 Å². The Kier molecular flexibility index (Phi) is 6.24. The summed E-state index contributed by atoms with van der Waals surface area (Å²) in [6.45, 7) is 0. The molecule has 1 atom stereocenters. The van der Waals surface area contributed by atoms with Crippen LogP contribution in [0.25, 0.3) is 11.1 Å². The van der Waals surface area contributed by atoms with Gasteiger partial charge >= 0.3 is 0 Å². The van der Waals surface area contributed by atoms with Crippen molar-refractivity contribution in [2.24, 2.45) is 0 Å². The first-order valence-corrected chi connectivity index (χ1v) is 10.0. The maximum atomic E-state index is 13.0. The van der Waals surface area contributed by atoms with Crippen LogP contribution in [-0.4, -0.2) is 17.9 Å². The summed E-state index contributed by atoms with van der Waals surface area (Å²) in [6.07, 6.45) is 1.79. The highest BCUT2D eigenvalue weighted by Crippen LogP contribution is 2.21. The molecule has 5 nitrogen and oxygen atoms in total. The Morgan fingerprint density at radius 3 is 2.03 bits per heavy atom. The zero-order valence-corrected chi connectivity index (χ0v) is 16.8. The van der Waals surface area contributed by atoms with Crippen molar-refractivity contribution in [2.75, 3.05) is 5.32 Å². The number of carbonyl (C=O) groups is 2. The fraction of sp³-hybridized carbons (Fsp3) is 0.0769. The number of rotatable bonds is 7. The van der Waals surface area contributed by atoms with Gasteiger partial charge in [-0.05, 0) is 41.0 Å². The molecule has 4 rings (SSSR count). The van der Waals surface area contributed by atoms with E-state index in [4.69, 9.17) is 4.42 Å². The summed E-state index contributed by atoms with van der Waals surface area (Å²) < 4.78 is 5.16. The van der Waals surface area contributed by atoms with E-state index in [1.54, 1.807) is 12.1 Å². The van der Waals surface area contributed by atoms with Gasteiger partial charge in [-0.2, -0.15) is 0 Å². The van der Waals surface area contributed by atoms with Gasteiger partial charge in [0.1, 0.15) is 6.04 Å². The summed E-state index contributed by atoms with van der Waals surface area (Å²) in [5, 5.41) is 5.69. The predicted octanol–water partition coefficient (Wildman–Crippen LogP) is 4.93. The molecule has 154 valence electrons. The van der Waals surface area contributed by atoms with Crippen LogP contribution >= 0.6 is 0 Å². The van der Waals surface area contributed by atoms with Gasteiger partial charge < -0.3 is 15.1 Å². The Morgan fingerprint density at radius 1 is 0.742 bits per heavy atom. The Labute approximate surface area is 180 Å². The van der Waals surface area contributed by atoms with Gasteiger partial charge in [-0.15, -0.1) is 0 Å². The Hall–Kier alpha value is -4.12. The molecule has 0 aliphatic rings. The molecule has 0 radical (unpaired) electrons. The third-order valence-corrected chi connectivity index (χ3v) is 4.91. The number of carbonyl (C=O) groups excluding carboxylic acids is 2. The number of hydrogen-bond donors (Lipinski definition) is 2. The number of anilines is 1. The second-order valence-corrected chi connectivity index (χ2v) is 7.13. The van der Waals surface area contributed by atoms with Crippen LogP contribution in [0.2, 0.25) is 0 Å². The van der Waals surface area contributed by atoms with Gasteiger partial charge in [0, 0.05) is 12.1 Å². The largest absolute Gasteiger partial charge is 0.459 e. The quantitative estimate of drug-likeness (QED) is 0.454. The molecule has 1 heterocycles. The molecule has 3 aromatic carbocycles. The summed E-state index contributed by atoms with van der Waals surface area (Å²) in [5.41, 5.74) is 3.77. The molecule has 4 aromatic rings. The molecule has 0 fully saturated rings. The number of amides is 2. The third kappa shape index (κ3) is 5.28. The van der Waals surface area contributed by atoms with E-state index in [2.05, 4.69) is 10.6 Å². The first kappa shape index (κ1) is 20.2. The van der Waals surface area contributed by atoms with Crippen LogP contribution in [0.5, 0.6) is 0 Å². The minimum atomic E-state index is -0.756. The van der Waals surface area contributed by atoms with Crippen LogP contribution in [0.4, 0.5) is 5.69 Å². The summed E-state index contributed by atoms with van der Waals surface area (Å²) in [5.74, 6) is -0.560. The van der Waals surface area contributed by atoms with E-state index >= 15 is 0 Å². The van der Waals surface area contributed by atoms with Crippen molar-refractivity contribution in [3.63, 3.8) is 0 Å². The lowest BCUT2D eigenvalue weighted by Crippen LogP contribution is -2.45. The lowest BCUT2D eigenvalue weighted by Gasteiger charge is -2.18. The smallest absolute Gasteiger partial charge is 0.287 e. The summed E-state index contributed by atoms with van der Waals surface area (Å²) in [4.78, 5) is 25.5. The van der Waals surface area contributed by atoms with Crippen molar-refractivity contribution in [3.8, 4) is 11.1 Å². The zero-order valence-electron chi connectivity index (χ0n) is 16.8. The van der Waals surface area contributed by atoms with Gasteiger partial charge in [-0.1, -0.05) is 72.8 Å². The Morgan fingerprint density at radius 2 is 1.39 bits per heavy atom. The number of benzene rings is 3. The molecule has 1 aromatic heterocycles. The van der Waals surface area contributed by atoms with Gasteiger partial charge in [0.15, 0.2) is 5.76 Å². The van der Waals surface area contributed by atoms with Gasteiger partial charge in [0.05, 0.1) is 6.26 Å². The van der Waals surface area contributed by atoms with Crippen molar-refractivity contribution in [2.45, 2.75) is 12.5 Å².